The van der Waals surface area contributed by atoms with E-state index in [9.17, 15) is 9.59 Å². The summed E-state index contributed by atoms with van der Waals surface area (Å²) in [5.74, 6) is -0.147. The van der Waals surface area contributed by atoms with Crippen molar-refractivity contribution in [2.24, 2.45) is 0 Å². The molecule has 1 atom stereocenters. The van der Waals surface area contributed by atoms with Crippen LogP contribution >= 0.6 is 11.6 Å². The van der Waals surface area contributed by atoms with Crippen LogP contribution in [0, 0.1) is 0 Å². The minimum Gasteiger partial charge on any atom is -0.377 e. The van der Waals surface area contributed by atoms with Crippen LogP contribution in [0.4, 0.5) is 5.69 Å². The molecule has 0 aliphatic carbocycles. The lowest BCUT2D eigenvalue weighted by Gasteiger charge is -2.33. The van der Waals surface area contributed by atoms with Gasteiger partial charge in [-0.25, -0.2) is 0 Å². The molecule has 0 radical (unpaired) electrons. The second kappa shape index (κ2) is 8.34. The third kappa shape index (κ3) is 4.62. The smallest absolute Gasteiger partial charge is 0.254 e. The molecule has 2 aromatic rings. The van der Waals surface area contributed by atoms with Crippen molar-refractivity contribution in [1.29, 1.82) is 0 Å². The van der Waals surface area contributed by atoms with Gasteiger partial charge in [-0.15, -0.1) is 0 Å². The van der Waals surface area contributed by atoms with Crippen LogP contribution in [0.3, 0.4) is 0 Å². The van der Waals surface area contributed by atoms with Gasteiger partial charge in [0.2, 0.25) is 5.91 Å². The topological polar surface area (TPSA) is 58.6 Å². The fourth-order valence-electron chi connectivity index (χ4n) is 2.93. The first-order valence-corrected chi connectivity index (χ1v) is 8.94. The average Bonchev–Trinajstić information content (AvgIpc) is 2.62. The van der Waals surface area contributed by atoms with Crippen LogP contribution in [0.2, 0.25) is 5.02 Å². The monoisotopic (exact) mass is 372 g/mol. The highest BCUT2D eigenvalue weighted by molar-refractivity contribution is 6.30. The number of hydrogen-bond donors (Lipinski definition) is 1. The van der Waals surface area contributed by atoms with E-state index < -0.39 is 0 Å². The summed E-state index contributed by atoms with van der Waals surface area (Å²) in [6.07, 6.45) is 0.243. The maximum absolute atomic E-state index is 12.6. The van der Waals surface area contributed by atoms with Crippen molar-refractivity contribution in [1.82, 2.24) is 4.90 Å². The van der Waals surface area contributed by atoms with Gasteiger partial charge in [0.15, 0.2) is 0 Å². The van der Waals surface area contributed by atoms with Gasteiger partial charge in [0, 0.05) is 22.8 Å². The Morgan fingerprint density at radius 2 is 2.00 bits per heavy atom. The molecule has 136 valence electrons. The Kier molecular flexibility index (Phi) is 5.91. The lowest BCUT2D eigenvalue weighted by Crippen LogP contribution is -2.47. The first kappa shape index (κ1) is 18.4. The number of nitrogens with one attached hydrogen (secondary N) is 1. The van der Waals surface area contributed by atoms with Crippen molar-refractivity contribution in [3.05, 3.63) is 64.7 Å². The first-order valence-electron chi connectivity index (χ1n) is 8.56. The van der Waals surface area contributed by atoms with Crippen LogP contribution < -0.4 is 5.32 Å². The van der Waals surface area contributed by atoms with Crippen molar-refractivity contribution in [2.45, 2.75) is 19.4 Å². The zero-order chi connectivity index (χ0) is 18.5. The number of nitrogens with zero attached hydrogens (tertiary/aromatic N) is 1. The van der Waals surface area contributed by atoms with Crippen molar-refractivity contribution in [2.75, 3.05) is 25.1 Å². The molecule has 6 heteroatoms. The molecule has 1 unspecified atom stereocenters. The van der Waals surface area contributed by atoms with Gasteiger partial charge >= 0.3 is 0 Å². The number of carbonyl (C=O) groups excluding carboxylic acids is 2. The number of ether oxygens (including phenoxy) is 1. The fraction of sp³-hybridized carbons (Fsp3) is 0.300. The van der Waals surface area contributed by atoms with E-state index in [4.69, 9.17) is 16.3 Å². The van der Waals surface area contributed by atoms with E-state index >= 15 is 0 Å². The molecule has 1 saturated heterocycles. The Morgan fingerprint density at radius 1 is 1.23 bits per heavy atom. The molecule has 1 aliphatic heterocycles. The molecule has 0 bridgehead atoms. The summed E-state index contributed by atoms with van der Waals surface area (Å²) in [4.78, 5) is 26.6. The number of amides is 2. The lowest BCUT2D eigenvalue weighted by molar-refractivity contribution is -0.115. The Bertz CT molecular complexity index is 792. The van der Waals surface area contributed by atoms with Crippen LogP contribution in [-0.2, 0) is 16.0 Å². The first-order chi connectivity index (χ1) is 12.5. The predicted octanol–water partition coefficient (Wildman–Crippen LogP) is 3.38. The molecule has 1 N–H and O–H groups in total. The zero-order valence-electron chi connectivity index (χ0n) is 14.6. The van der Waals surface area contributed by atoms with Crippen molar-refractivity contribution in [3.8, 4) is 0 Å². The van der Waals surface area contributed by atoms with Crippen LogP contribution in [-0.4, -0.2) is 42.5 Å². The van der Waals surface area contributed by atoms with E-state index in [0.717, 1.165) is 5.56 Å². The molecule has 1 aliphatic rings. The van der Waals surface area contributed by atoms with E-state index in [0.29, 0.717) is 36.0 Å². The van der Waals surface area contributed by atoms with Gasteiger partial charge in [0.05, 0.1) is 25.7 Å². The Morgan fingerprint density at radius 3 is 2.69 bits per heavy atom. The largest absolute Gasteiger partial charge is 0.377 e. The molecule has 0 spiro atoms. The summed E-state index contributed by atoms with van der Waals surface area (Å²) < 4.78 is 5.37. The van der Waals surface area contributed by atoms with Gasteiger partial charge < -0.3 is 15.0 Å². The van der Waals surface area contributed by atoms with Crippen molar-refractivity contribution >= 4 is 29.1 Å². The highest BCUT2D eigenvalue weighted by Crippen LogP contribution is 2.16. The summed E-state index contributed by atoms with van der Waals surface area (Å²) >= 11 is 5.93. The zero-order valence-corrected chi connectivity index (χ0v) is 15.3. The second-order valence-electron chi connectivity index (χ2n) is 6.35. The van der Waals surface area contributed by atoms with Gasteiger partial charge in [-0.3, -0.25) is 9.59 Å². The number of rotatable bonds is 4. The number of benzene rings is 2. The Balaban J connectivity index is 1.60. The van der Waals surface area contributed by atoms with E-state index in [2.05, 4.69) is 5.32 Å². The molecule has 26 heavy (non-hydrogen) atoms. The van der Waals surface area contributed by atoms with Gasteiger partial charge in [-0.1, -0.05) is 23.7 Å². The molecule has 3 rings (SSSR count). The summed E-state index contributed by atoms with van der Waals surface area (Å²) in [5, 5.41) is 3.44. The standard InChI is InChI=1S/C20H21ClN2O3/c1-14-13-26-10-9-23(14)20(25)16-5-7-18(8-6-16)22-19(24)12-15-3-2-4-17(21)11-15/h2-8,11,14H,9-10,12-13H2,1H3,(H,22,24). The second-order valence-corrected chi connectivity index (χ2v) is 6.79. The highest BCUT2D eigenvalue weighted by Gasteiger charge is 2.24. The third-order valence-electron chi connectivity index (χ3n) is 4.30. The minimum absolute atomic E-state index is 0.0161. The minimum atomic E-state index is -0.131. The van der Waals surface area contributed by atoms with E-state index in [1.165, 1.54) is 0 Å². The van der Waals surface area contributed by atoms with Gasteiger partial charge in [0.1, 0.15) is 0 Å². The average molecular weight is 373 g/mol. The van der Waals surface area contributed by atoms with Crippen LogP contribution in [0.5, 0.6) is 0 Å². The molecule has 1 heterocycles. The Labute approximate surface area is 157 Å². The highest BCUT2D eigenvalue weighted by atomic mass is 35.5. The van der Waals surface area contributed by atoms with Crippen molar-refractivity contribution in [3.63, 3.8) is 0 Å². The fourth-order valence-corrected chi connectivity index (χ4v) is 3.14. The number of carbonyl (C=O) groups is 2. The van der Waals surface area contributed by atoms with Gasteiger partial charge in [-0.05, 0) is 48.9 Å². The predicted molar refractivity (Wildman–Crippen MR) is 102 cm³/mol. The van der Waals surface area contributed by atoms with E-state index in [-0.39, 0.29) is 24.3 Å². The summed E-state index contributed by atoms with van der Waals surface area (Å²) in [5.41, 5.74) is 2.11. The van der Waals surface area contributed by atoms with E-state index in [1.807, 2.05) is 24.0 Å². The Hall–Kier alpha value is -2.37. The molecule has 0 saturated carbocycles. The number of hydrogen-bond acceptors (Lipinski definition) is 3. The van der Waals surface area contributed by atoms with Gasteiger partial charge in [-0.2, -0.15) is 0 Å². The molecular formula is C20H21ClN2O3. The summed E-state index contributed by atoms with van der Waals surface area (Å²) in [7, 11) is 0. The number of morpholine rings is 1. The van der Waals surface area contributed by atoms with Crippen LogP contribution in [0.1, 0.15) is 22.8 Å². The molecule has 2 amide bonds. The molecule has 2 aromatic carbocycles. The molecule has 1 fully saturated rings. The van der Waals surface area contributed by atoms with E-state index in [1.54, 1.807) is 36.4 Å². The molecule has 0 aromatic heterocycles. The normalized spacial score (nSPS) is 17.0. The van der Waals surface area contributed by atoms with Crippen LogP contribution in [0.25, 0.3) is 0 Å². The molecular weight excluding hydrogens is 352 g/mol. The van der Waals surface area contributed by atoms with Crippen LogP contribution in [0.15, 0.2) is 48.5 Å². The van der Waals surface area contributed by atoms with Gasteiger partial charge in [0.25, 0.3) is 5.91 Å². The maximum Gasteiger partial charge on any atom is 0.254 e. The molecule has 5 nitrogen and oxygen atoms in total. The third-order valence-corrected chi connectivity index (χ3v) is 4.53. The SMILES string of the molecule is CC1COCCN1C(=O)c1ccc(NC(=O)Cc2cccc(Cl)c2)cc1. The number of anilines is 1. The van der Waals surface area contributed by atoms with Crippen molar-refractivity contribution < 1.29 is 14.3 Å². The summed E-state index contributed by atoms with van der Waals surface area (Å²) in [6.45, 7) is 3.69. The lowest BCUT2D eigenvalue weighted by atomic mass is 10.1. The summed E-state index contributed by atoms with van der Waals surface area (Å²) in [6, 6.07) is 14.2. The number of halogens is 1. The quantitative estimate of drug-likeness (QED) is 0.895. The maximum atomic E-state index is 12.6.